The van der Waals surface area contributed by atoms with Crippen molar-refractivity contribution in [2.75, 3.05) is 37.3 Å². The number of nitrogens with zero attached hydrogens (tertiary/aromatic N) is 2. The second-order valence-electron chi connectivity index (χ2n) is 4.93. The summed E-state index contributed by atoms with van der Waals surface area (Å²) in [5.41, 5.74) is 2.44. The van der Waals surface area contributed by atoms with Gasteiger partial charge < -0.3 is 24.7 Å². The Morgan fingerprint density at radius 3 is 3.10 bits per heavy atom. The number of carbonyl (C=O) groups is 1. The van der Waals surface area contributed by atoms with Crippen LogP contribution in [0.2, 0.25) is 0 Å². The third kappa shape index (κ3) is 2.45. The highest BCUT2D eigenvalue weighted by atomic mass is 16.5. The minimum Gasteiger partial charge on any atom is -0.382 e. The molecule has 1 aliphatic rings. The largest absolute Gasteiger partial charge is 0.382 e. The predicted molar refractivity (Wildman–Crippen MR) is 79.4 cm³/mol. The molecular weight excluding hydrogens is 272 g/mol. The molecular formula is C14H18N4O3. The van der Waals surface area contributed by atoms with Crippen LogP contribution in [0.1, 0.15) is 6.92 Å². The lowest BCUT2D eigenvalue weighted by molar-refractivity contribution is -0.117. The second-order valence-corrected chi connectivity index (χ2v) is 4.93. The molecule has 0 spiro atoms. The fraction of sp³-hybridized carbons (Fsp3) is 0.429. The van der Waals surface area contributed by atoms with E-state index in [4.69, 9.17) is 9.47 Å². The molecule has 7 heteroatoms. The Morgan fingerprint density at radius 1 is 1.43 bits per heavy atom. The molecule has 0 saturated heterocycles. The molecule has 0 aromatic carbocycles. The third-order valence-electron chi connectivity index (χ3n) is 3.61. The van der Waals surface area contributed by atoms with Gasteiger partial charge in [-0.3, -0.25) is 4.79 Å². The molecule has 1 unspecified atom stereocenters. The molecule has 0 radical (unpaired) electrons. The summed E-state index contributed by atoms with van der Waals surface area (Å²) in [6, 6.07) is 1.65. The van der Waals surface area contributed by atoms with Gasteiger partial charge in [0, 0.05) is 18.7 Å². The van der Waals surface area contributed by atoms with Crippen LogP contribution in [0.3, 0.4) is 0 Å². The topological polar surface area (TPSA) is 79.5 Å². The number of amides is 1. The van der Waals surface area contributed by atoms with Crippen LogP contribution in [-0.2, 0) is 14.3 Å². The number of H-pyrrole nitrogens is 1. The molecule has 3 rings (SSSR count). The van der Waals surface area contributed by atoms with Gasteiger partial charge in [-0.05, 0) is 13.0 Å². The lowest BCUT2D eigenvalue weighted by Gasteiger charge is -2.36. The number of nitrogens with one attached hydrogen (secondary N) is 2. The van der Waals surface area contributed by atoms with Crippen molar-refractivity contribution in [3.63, 3.8) is 0 Å². The number of methoxy groups -OCH3 is 1. The number of rotatable bonds is 5. The smallest absolute Gasteiger partial charge is 0.246 e. The zero-order valence-corrected chi connectivity index (χ0v) is 12.0. The van der Waals surface area contributed by atoms with Gasteiger partial charge in [0.05, 0.1) is 30.8 Å². The second kappa shape index (κ2) is 5.71. The first-order valence-electron chi connectivity index (χ1n) is 6.82. The van der Waals surface area contributed by atoms with Gasteiger partial charge in [0.1, 0.15) is 18.4 Å². The number of carbonyl (C=O) groups excluding carboxylic acids is 1. The van der Waals surface area contributed by atoms with E-state index in [1.54, 1.807) is 13.3 Å². The van der Waals surface area contributed by atoms with Crippen LogP contribution in [-0.4, -0.2) is 49.0 Å². The van der Waals surface area contributed by atoms with Crippen LogP contribution in [0.4, 0.5) is 11.4 Å². The minimum absolute atomic E-state index is 0.0606. The highest BCUT2D eigenvalue weighted by molar-refractivity contribution is 6.09. The molecule has 0 aliphatic carbocycles. The highest BCUT2D eigenvalue weighted by Gasteiger charge is 2.31. The summed E-state index contributed by atoms with van der Waals surface area (Å²) < 4.78 is 10.6. The molecule has 3 heterocycles. The van der Waals surface area contributed by atoms with Gasteiger partial charge in [-0.25, -0.2) is 4.98 Å². The van der Waals surface area contributed by atoms with Gasteiger partial charge in [-0.2, -0.15) is 0 Å². The average molecular weight is 290 g/mol. The summed E-state index contributed by atoms with van der Waals surface area (Å²) in [5, 5.41) is 3.85. The number of hydrogen-bond acceptors (Lipinski definition) is 5. The maximum atomic E-state index is 12.1. The zero-order valence-electron chi connectivity index (χ0n) is 12.0. The molecule has 21 heavy (non-hydrogen) atoms. The van der Waals surface area contributed by atoms with Crippen molar-refractivity contribution in [2.45, 2.75) is 13.0 Å². The summed E-state index contributed by atoms with van der Waals surface area (Å²) in [6.07, 6.45) is 3.50. The van der Waals surface area contributed by atoms with Crippen LogP contribution < -0.4 is 10.2 Å². The van der Waals surface area contributed by atoms with E-state index in [2.05, 4.69) is 15.3 Å². The molecule has 0 bridgehead atoms. The van der Waals surface area contributed by atoms with Crippen molar-refractivity contribution in [1.29, 1.82) is 0 Å². The fourth-order valence-corrected chi connectivity index (χ4v) is 2.45. The molecule has 2 aromatic rings. The molecule has 7 nitrogen and oxygen atoms in total. The van der Waals surface area contributed by atoms with E-state index in [1.165, 1.54) is 0 Å². The lowest BCUT2D eigenvalue weighted by atomic mass is 10.1. The first-order chi connectivity index (χ1) is 10.2. The Bertz CT molecular complexity index is 655. The van der Waals surface area contributed by atoms with Gasteiger partial charge in [0.2, 0.25) is 5.91 Å². The van der Waals surface area contributed by atoms with E-state index in [0.717, 1.165) is 16.7 Å². The number of aromatic nitrogens is 2. The Morgan fingerprint density at radius 2 is 2.29 bits per heavy atom. The number of anilines is 2. The first-order valence-corrected chi connectivity index (χ1v) is 6.82. The Balaban J connectivity index is 1.94. The Labute approximate surface area is 122 Å². The number of aromatic amines is 1. The summed E-state index contributed by atoms with van der Waals surface area (Å²) in [7, 11) is 1.63. The van der Waals surface area contributed by atoms with E-state index in [0.29, 0.717) is 25.6 Å². The molecule has 0 fully saturated rings. The van der Waals surface area contributed by atoms with Crippen molar-refractivity contribution in [3.8, 4) is 0 Å². The van der Waals surface area contributed by atoms with Gasteiger partial charge in [-0.15, -0.1) is 0 Å². The van der Waals surface area contributed by atoms with Crippen LogP contribution in [0.15, 0.2) is 18.5 Å². The Hall–Kier alpha value is -2.12. The summed E-state index contributed by atoms with van der Waals surface area (Å²) >= 11 is 0. The van der Waals surface area contributed by atoms with Crippen molar-refractivity contribution in [1.82, 2.24) is 9.97 Å². The molecule has 112 valence electrons. The third-order valence-corrected chi connectivity index (χ3v) is 3.61. The molecule has 1 aliphatic heterocycles. The SMILES string of the molecule is COCCOCN1c2c(cnc3[nH]ccc23)NC(=O)C1C. The molecule has 0 saturated carbocycles. The van der Waals surface area contributed by atoms with Crippen molar-refractivity contribution >= 4 is 28.3 Å². The van der Waals surface area contributed by atoms with Gasteiger partial charge in [-0.1, -0.05) is 0 Å². The number of ether oxygens (including phenoxy) is 2. The first kappa shape index (κ1) is 13.8. The maximum Gasteiger partial charge on any atom is 0.246 e. The monoisotopic (exact) mass is 290 g/mol. The standard InChI is InChI=1S/C14H18N4O3/c1-9-14(19)17-11-7-16-13-10(3-4-15-13)12(11)18(9)8-21-6-5-20-2/h3-4,7,9H,5-6,8H2,1-2H3,(H,15,16)(H,17,19). The summed E-state index contributed by atoms with van der Waals surface area (Å²) in [4.78, 5) is 21.4. The molecule has 1 amide bonds. The summed E-state index contributed by atoms with van der Waals surface area (Å²) in [5.74, 6) is -0.0606. The van der Waals surface area contributed by atoms with Crippen molar-refractivity contribution in [3.05, 3.63) is 18.5 Å². The van der Waals surface area contributed by atoms with E-state index >= 15 is 0 Å². The van der Waals surface area contributed by atoms with Gasteiger partial charge >= 0.3 is 0 Å². The normalized spacial score (nSPS) is 17.9. The van der Waals surface area contributed by atoms with E-state index in [1.807, 2.05) is 24.1 Å². The van der Waals surface area contributed by atoms with Gasteiger partial charge in [0.15, 0.2) is 0 Å². The van der Waals surface area contributed by atoms with Crippen LogP contribution in [0.5, 0.6) is 0 Å². The van der Waals surface area contributed by atoms with Crippen LogP contribution in [0.25, 0.3) is 11.0 Å². The molecule has 2 N–H and O–H groups in total. The van der Waals surface area contributed by atoms with Crippen LogP contribution >= 0.6 is 0 Å². The number of hydrogen-bond donors (Lipinski definition) is 2. The maximum absolute atomic E-state index is 12.1. The summed E-state index contributed by atoms with van der Waals surface area (Å²) in [6.45, 7) is 3.20. The molecule has 1 atom stereocenters. The predicted octanol–water partition coefficient (Wildman–Crippen LogP) is 1.33. The average Bonchev–Trinajstić information content (AvgIpc) is 2.95. The van der Waals surface area contributed by atoms with E-state index in [-0.39, 0.29) is 11.9 Å². The van der Waals surface area contributed by atoms with Crippen LogP contribution in [0, 0.1) is 0 Å². The van der Waals surface area contributed by atoms with Gasteiger partial charge in [0.25, 0.3) is 0 Å². The zero-order chi connectivity index (χ0) is 14.8. The number of fused-ring (bicyclic) bond motifs is 3. The van der Waals surface area contributed by atoms with Crippen molar-refractivity contribution in [2.24, 2.45) is 0 Å². The number of pyridine rings is 1. The van der Waals surface area contributed by atoms with E-state index in [9.17, 15) is 4.79 Å². The molecule has 2 aromatic heterocycles. The quantitative estimate of drug-likeness (QED) is 0.812. The Kier molecular flexibility index (Phi) is 3.76. The lowest BCUT2D eigenvalue weighted by Crippen LogP contribution is -2.47. The highest BCUT2D eigenvalue weighted by Crippen LogP contribution is 2.37. The van der Waals surface area contributed by atoms with E-state index < -0.39 is 0 Å². The minimum atomic E-state index is -0.305. The fourth-order valence-electron chi connectivity index (χ4n) is 2.45. The van der Waals surface area contributed by atoms with Crippen molar-refractivity contribution < 1.29 is 14.3 Å².